The molecule has 1 aromatic carbocycles. The van der Waals surface area contributed by atoms with Gasteiger partial charge in [0.15, 0.2) is 0 Å². The van der Waals surface area contributed by atoms with E-state index in [1.807, 2.05) is 27.0 Å². The van der Waals surface area contributed by atoms with Gasteiger partial charge < -0.3 is 15.1 Å². The average Bonchev–Trinajstić information content (AvgIpc) is 2.84. The van der Waals surface area contributed by atoms with Crippen molar-refractivity contribution in [3.8, 4) is 0 Å². The number of furan rings is 1. The Morgan fingerprint density at radius 2 is 2.10 bits per heavy atom. The van der Waals surface area contributed by atoms with Crippen molar-refractivity contribution in [3.63, 3.8) is 0 Å². The van der Waals surface area contributed by atoms with Crippen molar-refractivity contribution in [2.75, 3.05) is 13.6 Å². The van der Waals surface area contributed by atoms with E-state index >= 15 is 0 Å². The third-order valence-corrected chi connectivity index (χ3v) is 3.79. The Bertz CT molecular complexity index is 616. The summed E-state index contributed by atoms with van der Waals surface area (Å²) in [6, 6.07) is 4.36. The molecule has 0 aliphatic heterocycles. The van der Waals surface area contributed by atoms with Crippen LogP contribution in [-0.2, 0) is 11.2 Å². The maximum Gasteiger partial charge on any atom is 0.224 e. The van der Waals surface area contributed by atoms with Crippen LogP contribution in [0.3, 0.4) is 0 Å². The second-order valence-electron chi connectivity index (χ2n) is 5.32. The van der Waals surface area contributed by atoms with E-state index in [2.05, 4.69) is 23.6 Å². The zero-order valence-electron chi connectivity index (χ0n) is 12.5. The number of rotatable bonds is 5. The summed E-state index contributed by atoms with van der Waals surface area (Å²) in [7, 11) is 1.88. The van der Waals surface area contributed by atoms with Gasteiger partial charge in [0.1, 0.15) is 5.58 Å². The fourth-order valence-electron chi connectivity index (χ4n) is 2.13. The largest absolute Gasteiger partial charge is 0.464 e. The highest BCUT2D eigenvalue weighted by Crippen LogP contribution is 2.26. The van der Waals surface area contributed by atoms with Crippen LogP contribution in [0.2, 0.25) is 0 Å². The van der Waals surface area contributed by atoms with Gasteiger partial charge in [-0.3, -0.25) is 4.79 Å². The minimum Gasteiger partial charge on any atom is -0.464 e. The van der Waals surface area contributed by atoms with Crippen molar-refractivity contribution in [2.24, 2.45) is 0 Å². The molecule has 0 bridgehead atoms. The number of benzene rings is 1. The molecule has 108 valence electrons. The number of likely N-dealkylation sites (N-methyl/N-ethyl adjacent to an activating group) is 1. The molecule has 0 saturated carbocycles. The van der Waals surface area contributed by atoms with Gasteiger partial charge >= 0.3 is 0 Å². The molecule has 2 rings (SSSR count). The molecule has 1 unspecified atom stereocenters. The number of carbonyl (C=O) groups is 1. The summed E-state index contributed by atoms with van der Waals surface area (Å²) in [5.74, 6) is 0.0213. The lowest BCUT2D eigenvalue weighted by molar-refractivity contribution is -0.120. The molecule has 2 N–H and O–H groups in total. The number of amides is 1. The highest BCUT2D eigenvalue weighted by atomic mass is 16.3. The van der Waals surface area contributed by atoms with Gasteiger partial charge in [-0.25, -0.2) is 0 Å². The molecular formula is C16H22N2O2. The van der Waals surface area contributed by atoms with Gasteiger partial charge in [-0.2, -0.15) is 0 Å². The number of nitrogens with one attached hydrogen (secondary N) is 2. The van der Waals surface area contributed by atoms with Gasteiger partial charge in [0.25, 0.3) is 0 Å². The van der Waals surface area contributed by atoms with Crippen molar-refractivity contribution in [2.45, 2.75) is 33.2 Å². The quantitative estimate of drug-likeness (QED) is 0.879. The fourth-order valence-corrected chi connectivity index (χ4v) is 2.13. The van der Waals surface area contributed by atoms with Crippen LogP contribution in [-0.4, -0.2) is 25.5 Å². The van der Waals surface area contributed by atoms with Gasteiger partial charge in [-0.15, -0.1) is 0 Å². The molecule has 2 aromatic rings. The van der Waals surface area contributed by atoms with Gasteiger partial charge in [0.2, 0.25) is 5.91 Å². The van der Waals surface area contributed by atoms with Crippen LogP contribution in [0.4, 0.5) is 0 Å². The number of hydrogen-bond donors (Lipinski definition) is 2. The molecule has 1 atom stereocenters. The SMILES string of the molecule is CNC(C)CNC(=O)Cc1coc2c(C)c(C)ccc12. The van der Waals surface area contributed by atoms with Crippen LogP contribution < -0.4 is 10.6 Å². The first-order valence-electron chi connectivity index (χ1n) is 6.93. The van der Waals surface area contributed by atoms with Crippen LogP contribution in [0.15, 0.2) is 22.8 Å². The number of hydrogen-bond acceptors (Lipinski definition) is 3. The molecule has 1 aromatic heterocycles. The van der Waals surface area contributed by atoms with Crippen LogP contribution in [0, 0.1) is 13.8 Å². The molecule has 0 aliphatic carbocycles. The molecule has 4 heteroatoms. The fraction of sp³-hybridized carbons (Fsp3) is 0.438. The van der Waals surface area contributed by atoms with E-state index in [0.717, 1.165) is 22.1 Å². The predicted molar refractivity (Wildman–Crippen MR) is 80.9 cm³/mol. The average molecular weight is 274 g/mol. The maximum absolute atomic E-state index is 11.9. The van der Waals surface area contributed by atoms with Gasteiger partial charge in [-0.05, 0) is 38.9 Å². The van der Waals surface area contributed by atoms with Crippen molar-refractivity contribution < 1.29 is 9.21 Å². The van der Waals surface area contributed by atoms with Crippen LogP contribution in [0.25, 0.3) is 11.0 Å². The van der Waals surface area contributed by atoms with Gasteiger partial charge in [-0.1, -0.05) is 12.1 Å². The number of carbonyl (C=O) groups excluding carboxylic acids is 1. The summed E-state index contributed by atoms with van der Waals surface area (Å²) in [5.41, 5.74) is 4.16. The minimum absolute atomic E-state index is 0.0213. The van der Waals surface area contributed by atoms with E-state index in [1.54, 1.807) is 6.26 Å². The lowest BCUT2D eigenvalue weighted by atomic mass is 10.0. The first-order chi connectivity index (χ1) is 9.52. The Hall–Kier alpha value is -1.81. The maximum atomic E-state index is 11.9. The van der Waals surface area contributed by atoms with Crippen molar-refractivity contribution in [1.29, 1.82) is 0 Å². The summed E-state index contributed by atoms with van der Waals surface area (Å²) >= 11 is 0. The molecule has 0 aliphatic rings. The highest BCUT2D eigenvalue weighted by molar-refractivity contribution is 5.89. The standard InChI is InChI=1S/C16H22N2O2/c1-10-5-6-14-13(9-20-16(14)12(10)3)7-15(19)18-8-11(2)17-4/h5-6,9,11,17H,7-8H2,1-4H3,(H,18,19). The molecular weight excluding hydrogens is 252 g/mol. The second kappa shape index (κ2) is 6.09. The summed E-state index contributed by atoms with van der Waals surface area (Å²) in [5, 5.41) is 7.04. The third kappa shape index (κ3) is 3.02. The number of aryl methyl sites for hydroxylation is 2. The van der Waals surface area contributed by atoms with Crippen LogP contribution in [0.1, 0.15) is 23.6 Å². The molecule has 1 heterocycles. The topological polar surface area (TPSA) is 54.3 Å². The zero-order chi connectivity index (χ0) is 14.7. The lowest BCUT2D eigenvalue weighted by Gasteiger charge is -2.11. The smallest absolute Gasteiger partial charge is 0.224 e. The van der Waals surface area contributed by atoms with E-state index in [-0.39, 0.29) is 11.9 Å². The molecule has 0 saturated heterocycles. The molecule has 0 fully saturated rings. The van der Waals surface area contributed by atoms with E-state index in [4.69, 9.17) is 4.42 Å². The second-order valence-corrected chi connectivity index (χ2v) is 5.32. The minimum atomic E-state index is 0.0213. The van der Waals surface area contributed by atoms with Crippen molar-refractivity contribution >= 4 is 16.9 Å². The van der Waals surface area contributed by atoms with Crippen molar-refractivity contribution in [3.05, 3.63) is 35.1 Å². The molecule has 1 amide bonds. The molecule has 0 radical (unpaired) electrons. The first kappa shape index (κ1) is 14.6. The summed E-state index contributed by atoms with van der Waals surface area (Å²) in [4.78, 5) is 11.9. The third-order valence-electron chi connectivity index (χ3n) is 3.79. The number of fused-ring (bicyclic) bond motifs is 1. The Morgan fingerprint density at radius 1 is 1.35 bits per heavy atom. The van der Waals surface area contributed by atoms with Crippen LogP contribution in [0.5, 0.6) is 0 Å². The summed E-state index contributed by atoms with van der Waals surface area (Å²) < 4.78 is 5.62. The molecule has 4 nitrogen and oxygen atoms in total. The van der Waals surface area contributed by atoms with E-state index < -0.39 is 0 Å². The summed E-state index contributed by atoms with van der Waals surface area (Å²) in [6.45, 7) is 6.76. The highest BCUT2D eigenvalue weighted by Gasteiger charge is 2.13. The monoisotopic (exact) mass is 274 g/mol. The Kier molecular flexibility index (Phi) is 4.45. The zero-order valence-corrected chi connectivity index (χ0v) is 12.5. The first-order valence-corrected chi connectivity index (χ1v) is 6.93. The lowest BCUT2D eigenvalue weighted by Crippen LogP contribution is -2.37. The predicted octanol–water partition coefficient (Wildman–Crippen LogP) is 2.32. The Morgan fingerprint density at radius 3 is 2.80 bits per heavy atom. The Labute approximate surface area is 119 Å². The van der Waals surface area contributed by atoms with E-state index in [1.165, 1.54) is 5.56 Å². The molecule has 20 heavy (non-hydrogen) atoms. The van der Waals surface area contributed by atoms with E-state index in [9.17, 15) is 4.79 Å². The van der Waals surface area contributed by atoms with Gasteiger partial charge in [0.05, 0.1) is 12.7 Å². The van der Waals surface area contributed by atoms with E-state index in [0.29, 0.717) is 13.0 Å². The van der Waals surface area contributed by atoms with Crippen molar-refractivity contribution in [1.82, 2.24) is 10.6 Å². The van der Waals surface area contributed by atoms with Gasteiger partial charge in [0, 0.05) is 23.5 Å². The normalized spacial score (nSPS) is 12.6. The Balaban J connectivity index is 2.11. The van der Waals surface area contributed by atoms with Crippen LogP contribution >= 0.6 is 0 Å². The summed E-state index contributed by atoms with van der Waals surface area (Å²) in [6.07, 6.45) is 2.05. The molecule has 0 spiro atoms.